The molecule has 0 saturated carbocycles. The second-order valence-corrected chi connectivity index (χ2v) is 2.37. The van der Waals surface area contributed by atoms with E-state index in [2.05, 4.69) is 11.6 Å². The molecule has 2 heteroatoms. The van der Waals surface area contributed by atoms with Crippen LogP contribution in [0.15, 0.2) is 24.8 Å². The Balaban J connectivity index is 3.00. The van der Waals surface area contributed by atoms with Crippen molar-refractivity contribution >= 4 is 6.08 Å². The zero-order valence-electron chi connectivity index (χ0n) is 6.49. The van der Waals surface area contributed by atoms with Gasteiger partial charge in [-0.05, 0) is 25.1 Å². The minimum atomic E-state index is -0.505. The first-order valence-electron chi connectivity index (χ1n) is 3.51. The highest BCUT2D eigenvalue weighted by Crippen LogP contribution is 2.09. The summed E-state index contributed by atoms with van der Waals surface area (Å²) in [6.07, 6.45) is 1.15. The molecule has 0 amide bonds. The van der Waals surface area contributed by atoms with Crippen LogP contribution in [0.5, 0.6) is 0 Å². The predicted molar refractivity (Wildman–Crippen MR) is 45.0 cm³/mol. The Hall–Kier alpha value is -1.15. The van der Waals surface area contributed by atoms with Crippen LogP contribution in [0, 0.1) is 0 Å². The van der Waals surface area contributed by atoms with Crippen molar-refractivity contribution in [3.05, 3.63) is 36.2 Å². The van der Waals surface area contributed by atoms with Crippen molar-refractivity contribution < 1.29 is 5.11 Å². The normalized spacial score (nSPS) is 12.5. The molecule has 0 radical (unpaired) electrons. The lowest BCUT2D eigenvalue weighted by molar-refractivity contribution is 0.194. The van der Waals surface area contributed by atoms with Crippen LogP contribution >= 0.6 is 0 Å². The average molecular weight is 149 g/mol. The van der Waals surface area contributed by atoms with Crippen LogP contribution < -0.4 is 0 Å². The topological polar surface area (TPSA) is 33.1 Å². The number of aromatic nitrogens is 1. The lowest BCUT2D eigenvalue weighted by atomic mass is 10.2. The molecule has 1 atom stereocenters. The molecule has 0 aliphatic carbocycles. The first-order valence-corrected chi connectivity index (χ1v) is 3.51. The number of nitrogens with zero attached hydrogens (tertiary/aromatic N) is 1. The van der Waals surface area contributed by atoms with Crippen LogP contribution in [0.2, 0.25) is 0 Å². The fraction of sp³-hybridized carbons (Fsp3) is 0.222. The summed E-state index contributed by atoms with van der Waals surface area (Å²) in [7, 11) is 0. The van der Waals surface area contributed by atoms with Gasteiger partial charge in [0.1, 0.15) is 0 Å². The van der Waals surface area contributed by atoms with Gasteiger partial charge in [-0.1, -0.05) is 12.6 Å². The Labute approximate surface area is 66.2 Å². The Kier molecular flexibility index (Phi) is 2.39. The number of hydrogen-bond acceptors (Lipinski definition) is 2. The molecule has 1 aromatic rings. The van der Waals surface area contributed by atoms with Crippen LogP contribution in [0.1, 0.15) is 24.4 Å². The minimum absolute atomic E-state index is 0.505. The quantitative estimate of drug-likeness (QED) is 0.695. The predicted octanol–water partition coefficient (Wildman–Crippen LogP) is 1.78. The zero-order chi connectivity index (χ0) is 8.27. The summed E-state index contributed by atoms with van der Waals surface area (Å²) in [6, 6.07) is 5.49. The SMILES string of the molecule is C=Cc1cccc(C(C)O)n1. The Morgan fingerprint density at radius 1 is 1.64 bits per heavy atom. The molecule has 0 aromatic carbocycles. The van der Waals surface area contributed by atoms with Crippen molar-refractivity contribution in [3.63, 3.8) is 0 Å². The van der Waals surface area contributed by atoms with Gasteiger partial charge in [-0.15, -0.1) is 0 Å². The van der Waals surface area contributed by atoms with Gasteiger partial charge in [-0.2, -0.15) is 0 Å². The number of aliphatic hydroxyl groups is 1. The third-order valence-electron chi connectivity index (χ3n) is 1.43. The molecule has 58 valence electrons. The van der Waals surface area contributed by atoms with E-state index in [0.29, 0.717) is 5.69 Å². The Morgan fingerprint density at radius 3 is 2.91 bits per heavy atom. The molecule has 0 aliphatic rings. The average Bonchev–Trinajstić information content (AvgIpc) is 2.05. The van der Waals surface area contributed by atoms with E-state index in [1.165, 1.54) is 0 Å². The molecule has 0 bridgehead atoms. The zero-order valence-corrected chi connectivity index (χ0v) is 6.49. The smallest absolute Gasteiger partial charge is 0.0932 e. The lowest BCUT2D eigenvalue weighted by Crippen LogP contribution is -1.95. The monoisotopic (exact) mass is 149 g/mol. The maximum Gasteiger partial charge on any atom is 0.0932 e. The number of hydrogen-bond donors (Lipinski definition) is 1. The standard InChI is InChI=1S/C9H11NO/c1-3-8-5-4-6-9(10-8)7(2)11/h3-7,11H,1H2,2H3. The molecule has 0 saturated heterocycles. The summed E-state index contributed by atoms with van der Waals surface area (Å²) in [5.41, 5.74) is 1.48. The maximum absolute atomic E-state index is 9.15. The van der Waals surface area contributed by atoms with Crippen molar-refractivity contribution in [1.29, 1.82) is 0 Å². The molecular formula is C9H11NO. The molecule has 1 unspecified atom stereocenters. The molecule has 0 spiro atoms. The molecule has 1 aromatic heterocycles. The van der Waals surface area contributed by atoms with Crippen molar-refractivity contribution in [2.24, 2.45) is 0 Å². The van der Waals surface area contributed by atoms with E-state index >= 15 is 0 Å². The lowest BCUT2D eigenvalue weighted by Gasteiger charge is -2.02. The van der Waals surface area contributed by atoms with Gasteiger partial charge in [-0.3, -0.25) is 4.98 Å². The van der Waals surface area contributed by atoms with E-state index < -0.39 is 6.10 Å². The third kappa shape index (κ3) is 1.88. The molecule has 11 heavy (non-hydrogen) atoms. The van der Waals surface area contributed by atoms with Gasteiger partial charge in [0.2, 0.25) is 0 Å². The summed E-state index contributed by atoms with van der Waals surface area (Å²) in [4.78, 5) is 4.12. The molecule has 0 fully saturated rings. The van der Waals surface area contributed by atoms with Gasteiger partial charge >= 0.3 is 0 Å². The summed E-state index contributed by atoms with van der Waals surface area (Å²) in [5.74, 6) is 0. The highest BCUT2D eigenvalue weighted by molar-refractivity contribution is 5.41. The van der Waals surface area contributed by atoms with E-state index in [0.717, 1.165) is 5.69 Å². The molecule has 1 rings (SSSR count). The van der Waals surface area contributed by atoms with E-state index in [-0.39, 0.29) is 0 Å². The van der Waals surface area contributed by atoms with Gasteiger partial charge in [-0.25, -0.2) is 0 Å². The van der Waals surface area contributed by atoms with Crippen LogP contribution in [0.25, 0.3) is 6.08 Å². The first kappa shape index (κ1) is 7.95. The van der Waals surface area contributed by atoms with E-state index in [4.69, 9.17) is 5.11 Å². The van der Waals surface area contributed by atoms with Crippen molar-refractivity contribution in [3.8, 4) is 0 Å². The summed E-state index contributed by atoms with van der Waals surface area (Å²) >= 11 is 0. The third-order valence-corrected chi connectivity index (χ3v) is 1.43. The molecule has 2 nitrogen and oxygen atoms in total. The second kappa shape index (κ2) is 3.30. The van der Waals surface area contributed by atoms with E-state index in [1.807, 2.05) is 12.1 Å². The van der Waals surface area contributed by atoms with Crippen LogP contribution in [-0.2, 0) is 0 Å². The fourth-order valence-electron chi connectivity index (χ4n) is 0.815. The van der Waals surface area contributed by atoms with Crippen molar-refractivity contribution in [2.45, 2.75) is 13.0 Å². The first-order chi connectivity index (χ1) is 5.24. The van der Waals surface area contributed by atoms with Crippen LogP contribution in [-0.4, -0.2) is 10.1 Å². The molecule has 0 aliphatic heterocycles. The van der Waals surface area contributed by atoms with E-state index in [9.17, 15) is 0 Å². The van der Waals surface area contributed by atoms with Gasteiger partial charge in [0.15, 0.2) is 0 Å². The number of aliphatic hydroxyl groups excluding tert-OH is 1. The Bertz CT molecular complexity index is 255. The molecular weight excluding hydrogens is 138 g/mol. The van der Waals surface area contributed by atoms with E-state index in [1.54, 1.807) is 19.1 Å². The summed E-state index contributed by atoms with van der Waals surface area (Å²) < 4.78 is 0. The van der Waals surface area contributed by atoms with Crippen LogP contribution in [0.4, 0.5) is 0 Å². The fourth-order valence-corrected chi connectivity index (χ4v) is 0.815. The molecule has 1 N–H and O–H groups in total. The van der Waals surface area contributed by atoms with Gasteiger partial charge in [0.25, 0.3) is 0 Å². The van der Waals surface area contributed by atoms with Crippen LogP contribution in [0.3, 0.4) is 0 Å². The Morgan fingerprint density at radius 2 is 2.36 bits per heavy atom. The maximum atomic E-state index is 9.15. The van der Waals surface area contributed by atoms with Gasteiger partial charge in [0.05, 0.1) is 17.5 Å². The largest absolute Gasteiger partial charge is 0.387 e. The number of rotatable bonds is 2. The molecule has 1 heterocycles. The summed E-state index contributed by atoms with van der Waals surface area (Å²) in [6.45, 7) is 5.28. The minimum Gasteiger partial charge on any atom is -0.387 e. The van der Waals surface area contributed by atoms with Gasteiger partial charge in [0, 0.05) is 0 Å². The highest BCUT2D eigenvalue weighted by Gasteiger charge is 2.00. The second-order valence-electron chi connectivity index (χ2n) is 2.37. The highest BCUT2D eigenvalue weighted by atomic mass is 16.3. The summed E-state index contributed by atoms with van der Waals surface area (Å²) in [5, 5.41) is 9.15. The van der Waals surface area contributed by atoms with Crippen molar-refractivity contribution in [1.82, 2.24) is 4.98 Å². The van der Waals surface area contributed by atoms with Crippen molar-refractivity contribution in [2.75, 3.05) is 0 Å². The number of pyridine rings is 1. The van der Waals surface area contributed by atoms with Gasteiger partial charge < -0.3 is 5.11 Å².